The van der Waals surface area contributed by atoms with Crippen molar-refractivity contribution in [2.24, 2.45) is 5.41 Å². The van der Waals surface area contributed by atoms with Crippen LogP contribution in [-0.4, -0.2) is 63.3 Å². The molecule has 69 heavy (non-hydrogen) atoms. The van der Waals surface area contributed by atoms with E-state index >= 15 is 0 Å². The SMILES string of the molecule is C1CCC([Si]2(C3CCCCC3)O[Si](C3CCCCC3)(C3CCCCC3)[O][Sn]([CH]3CCCCC3)([CH]3CCCCC3)[CH2][Sn]([CH]3CCCCC3)([CH]3CCCCC3)[O][Si]3(O2)C2CCCCC24CCCCC43)CC1. The van der Waals surface area contributed by atoms with Gasteiger partial charge in [-0.3, -0.25) is 0 Å². The van der Waals surface area contributed by atoms with Crippen LogP contribution >= 0.6 is 0 Å². The van der Waals surface area contributed by atoms with Gasteiger partial charge < -0.3 is 0 Å². The monoisotopic (exact) mass is 1220 g/mol. The van der Waals surface area contributed by atoms with Gasteiger partial charge in [-0.05, 0) is 0 Å². The molecule has 0 radical (unpaired) electrons. The molecule has 0 bridgehead atoms. The normalized spacial score (nSPS) is 39.0. The van der Waals surface area contributed by atoms with E-state index < -0.39 is 63.3 Å². The maximum atomic E-state index is 10.0. The van der Waals surface area contributed by atoms with Crippen molar-refractivity contribution in [1.29, 1.82) is 0 Å². The molecule has 0 aromatic carbocycles. The van der Waals surface area contributed by atoms with Gasteiger partial charge in [-0.1, -0.05) is 0 Å². The summed E-state index contributed by atoms with van der Waals surface area (Å²) >= 11 is -7.62. The third-order valence-electron chi connectivity index (χ3n) is 24.9. The second-order valence-corrected chi connectivity index (χ2v) is 70.7. The third-order valence-corrected chi connectivity index (χ3v) is 101. The minimum atomic E-state index is -3.82. The Morgan fingerprint density at radius 1 is 0.261 bits per heavy atom. The Balaban J connectivity index is 1.18. The van der Waals surface area contributed by atoms with Gasteiger partial charge in [0.05, 0.1) is 0 Å². The molecule has 9 heteroatoms. The molecule has 0 aromatic heterocycles. The van der Waals surface area contributed by atoms with E-state index in [-0.39, 0.29) is 0 Å². The molecule has 2 atom stereocenters. The molecule has 392 valence electrons. The van der Waals surface area contributed by atoms with E-state index in [1.165, 1.54) is 257 Å². The Hall–Kier alpha value is 2.09. The molecule has 0 N–H and O–H groups in total. The van der Waals surface area contributed by atoms with Gasteiger partial charge >= 0.3 is 442 Å². The molecular formula is C60H108O4Si3Sn2. The summed E-state index contributed by atoms with van der Waals surface area (Å²) in [5, 5.41) is 0. The van der Waals surface area contributed by atoms with Crippen molar-refractivity contribution in [3.05, 3.63) is 0 Å². The van der Waals surface area contributed by atoms with E-state index in [0.717, 1.165) is 37.9 Å². The van der Waals surface area contributed by atoms with Crippen LogP contribution in [0.2, 0.25) is 51.4 Å². The standard InChI is InChI=1S/C35H62O4Si3.4C6H11.CH2.2Sn/c36-40(29-17-5-1-6-18-29,30-19-7-2-8-20-30)38-42(31-21-9-3-10-22-31,32-23-11-4-12-24-32)39-41(37)33-25-13-15-27-35(33)28-16-14-26-34(35)41;4*1-2-4-6-5-3-1;;;/h29-34H,1-28H2;4*1H,2-6H2;1H2;;/q-2;;;;;;2*+1. The van der Waals surface area contributed by atoms with Crippen molar-refractivity contribution in [1.82, 2.24) is 0 Å². The second kappa shape index (κ2) is 22.8. The van der Waals surface area contributed by atoms with Crippen LogP contribution in [0.4, 0.5) is 0 Å². The maximum absolute atomic E-state index is 10.0. The average Bonchev–Trinajstić information content (AvgIpc) is 3.43. The summed E-state index contributed by atoms with van der Waals surface area (Å²) in [5.41, 5.74) is 4.96. The summed E-state index contributed by atoms with van der Waals surface area (Å²) in [6, 6.07) is 0. The predicted octanol–water partition coefficient (Wildman–Crippen LogP) is 20.4. The van der Waals surface area contributed by atoms with Crippen LogP contribution in [0.3, 0.4) is 0 Å². The van der Waals surface area contributed by atoms with Crippen LogP contribution in [0.25, 0.3) is 0 Å². The van der Waals surface area contributed by atoms with E-state index in [9.17, 15) is 13.8 Å². The van der Waals surface area contributed by atoms with Gasteiger partial charge in [0.2, 0.25) is 0 Å². The van der Waals surface area contributed by atoms with E-state index in [2.05, 4.69) is 0 Å². The molecule has 2 spiro atoms. The molecule has 2 saturated heterocycles. The van der Waals surface area contributed by atoms with E-state index in [1.807, 2.05) is 0 Å². The summed E-state index contributed by atoms with van der Waals surface area (Å²) in [6.07, 6.45) is 71.3. The van der Waals surface area contributed by atoms with Gasteiger partial charge in [0.1, 0.15) is 0 Å². The van der Waals surface area contributed by atoms with Gasteiger partial charge in [-0.15, -0.1) is 0 Å². The van der Waals surface area contributed by atoms with Crippen molar-refractivity contribution in [2.75, 3.05) is 0 Å². The van der Waals surface area contributed by atoms with Crippen LogP contribution in [0.1, 0.15) is 308 Å². The van der Waals surface area contributed by atoms with E-state index in [1.54, 1.807) is 53.8 Å². The molecular weight excluding hydrogens is 1110 g/mol. The summed E-state index contributed by atoms with van der Waals surface area (Å²) < 4.78 is 45.0. The Morgan fingerprint density at radius 3 is 0.855 bits per heavy atom. The van der Waals surface area contributed by atoms with Crippen molar-refractivity contribution in [2.45, 2.75) is 360 Å². The number of rotatable bonds is 8. The first-order valence-electron chi connectivity index (χ1n) is 32.9. The van der Waals surface area contributed by atoms with E-state index in [4.69, 9.17) is 0 Å². The quantitative estimate of drug-likeness (QED) is 0.227. The number of fused-ring (bicyclic) bond motifs is 2. The fourth-order valence-electron chi connectivity index (χ4n) is 21.8. The first-order valence-corrected chi connectivity index (χ1v) is 51.7. The number of hydrogen-bond acceptors (Lipinski definition) is 4. The van der Waals surface area contributed by atoms with Gasteiger partial charge in [0.25, 0.3) is 0 Å². The van der Waals surface area contributed by atoms with Crippen molar-refractivity contribution in [3.63, 3.8) is 0 Å². The van der Waals surface area contributed by atoms with Gasteiger partial charge in [0.15, 0.2) is 0 Å². The Morgan fingerprint density at radius 2 is 0.522 bits per heavy atom. The summed E-state index contributed by atoms with van der Waals surface area (Å²) in [5.74, 6) is 0. The number of hydrogen-bond donors (Lipinski definition) is 0. The predicted molar refractivity (Wildman–Crippen MR) is 299 cm³/mol. The Kier molecular flexibility index (Phi) is 17.1. The molecule has 0 amide bonds. The van der Waals surface area contributed by atoms with Crippen LogP contribution < -0.4 is 0 Å². The second-order valence-electron chi connectivity index (χ2n) is 28.2. The third kappa shape index (κ3) is 9.59. The molecule has 2 aliphatic heterocycles. The molecule has 0 aromatic rings. The fourth-order valence-corrected chi connectivity index (χ4v) is 142. The molecule has 12 rings (SSSR count). The first-order chi connectivity index (χ1) is 34.1. The molecule has 10 saturated carbocycles. The zero-order valence-corrected chi connectivity index (χ0v) is 53.8. The fraction of sp³-hybridized carbons (Fsp3) is 1.00. The molecule has 2 heterocycles. The Bertz CT molecular complexity index is 1440. The van der Waals surface area contributed by atoms with Crippen LogP contribution in [0.15, 0.2) is 0 Å². The summed E-state index contributed by atoms with van der Waals surface area (Å²) in [6.45, 7) is 0. The van der Waals surface area contributed by atoms with Gasteiger partial charge in [-0.25, -0.2) is 0 Å². The van der Waals surface area contributed by atoms with Crippen molar-refractivity contribution in [3.8, 4) is 0 Å². The molecule has 12 aliphatic rings. The van der Waals surface area contributed by atoms with E-state index in [0.29, 0.717) is 16.5 Å². The van der Waals surface area contributed by atoms with Gasteiger partial charge in [-0.2, -0.15) is 0 Å². The average molecular weight is 1220 g/mol. The van der Waals surface area contributed by atoms with Crippen LogP contribution in [-0.2, 0) is 13.8 Å². The molecule has 10 aliphatic carbocycles. The molecule has 4 nitrogen and oxygen atoms in total. The van der Waals surface area contributed by atoms with Gasteiger partial charge in [0, 0.05) is 0 Å². The first kappa shape index (κ1) is 51.8. The Labute approximate surface area is 438 Å². The zero-order chi connectivity index (χ0) is 46.3. The van der Waals surface area contributed by atoms with Crippen LogP contribution in [0.5, 0.6) is 0 Å². The zero-order valence-electron chi connectivity index (χ0n) is 45.1. The minimum absolute atomic E-state index is 0.549. The summed E-state index contributed by atoms with van der Waals surface area (Å²) in [7, 11) is -8.66. The molecule has 12 fully saturated rings. The topological polar surface area (TPSA) is 36.9 Å². The van der Waals surface area contributed by atoms with Crippen molar-refractivity contribution < 1.29 is 13.8 Å². The van der Waals surface area contributed by atoms with Crippen molar-refractivity contribution >= 4 is 63.3 Å². The summed E-state index contributed by atoms with van der Waals surface area (Å²) in [4.78, 5) is 0. The molecule has 2 unspecified atom stereocenters. The van der Waals surface area contributed by atoms with Crippen LogP contribution in [0, 0.1) is 5.41 Å².